The van der Waals surface area contributed by atoms with Crippen LogP contribution in [0.3, 0.4) is 0 Å². The zero-order chi connectivity index (χ0) is 21.3. The Labute approximate surface area is 163 Å². The van der Waals surface area contributed by atoms with Gasteiger partial charge < -0.3 is 15.2 Å². The maximum atomic E-state index is 14.3. The van der Waals surface area contributed by atoms with Crippen LogP contribution in [0.5, 0.6) is 0 Å². The molecule has 3 atom stereocenters. The van der Waals surface area contributed by atoms with Crippen LogP contribution in [0.15, 0.2) is 24.4 Å². The number of ether oxygens (including phenoxy) is 1. The van der Waals surface area contributed by atoms with Crippen molar-refractivity contribution < 1.29 is 32.2 Å². The molecule has 1 amide bonds. The number of hydrogen-bond donors (Lipinski definition) is 2. The molecule has 1 aliphatic heterocycles. The molecule has 0 radical (unpaired) electrons. The standard InChI is InChI=1S/C18H18F4N4O3/c1-8(11-4-3-10(15(21)22)5-12(11)19)24-17-23-6-13(20)16(25-17)26-14(9(2)27)7-29-18(26)28/h3-6,8-9,14-15,27H,7H2,1-2H3,(H,23,24,25)/t8-,9+,14?/m0/s1. The van der Waals surface area contributed by atoms with Crippen molar-refractivity contribution >= 4 is 17.9 Å². The van der Waals surface area contributed by atoms with Gasteiger partial charge in [0.1, 0.15) is 18.5 Å². The van der Waals surface area contributed by atoms with Gasteiger partial charge in [-0.3, -0.25) is 0 Å². The second-order valence-electron chi connectivity index (χ2n) is 6.57. The van der Waals surface area contributed by atoms with Crippen LogP contribution < -0.4 is 10.2 Å². The summed E-state index contributed by atoms with van der Waals surface area (Å²) in [6.45, 7) is 2.82. The monoisotopic (exact) mass is 414 g/mol. The van der Waals surface area contributed by atoms with E-state index in [0.29, 0.717) is 0 Å². The fourth-order valence-corrected chi connectivity index (χ4v) is 2.93. The highest BCUT2D eigenvalue weighted by atomic mass is 19.3. The van der Waals surface area contributed by atoms with Gasteiger partial charge in [-0.25, -0.2) is 32.2 Å². The smallest absolute Gasteiger partial charge is 0.416 e. The molecule has 0 spiro atoms. The van der Waals surface area contributed by atoms with Gasteiger partial charge in [-0.2, -0.15) is 4.98 Å². The number of aliphatic hydroxyl groups excluding tert-OH is 1. The number of nitrogens with zero attached hydrogens (tertiary/aromatic N) is 3. The van der Waals surface area contributed by atoms with E-state index >= 15 is 0 Å². The summed E-state index contributed by atoms with van der Waals surface area (Å²) >= 11 is 0. The van der Waals surface area contributed by atoms with Crippen molar-refractivity contribution in [2.75, 3.05) is 16.8 Å². The molecule has 29 heavy (non-hydrogen) atoms. The molecule has 2 heterocycles. The van der Waals surface area contributed by atoms with Gasteiger partial charge in [-0.1, -0.05) is 12.1 Å². The van der Waals surface area contributed by atoms with Gasteiger partial charge in [0.05, 0.1) is 18.3 Å². The molecule has 1 fully saturated rings. The normalized spacial score (nSPS) is 18.7. The summed E-state index contributed by atoms with van der Waals surface area (Å²) in [4.78, 5) is 20.6. The van der Waals surface area contributed by atoms with Crippen molar-refractivity contribution in [1.82, 2.24) is 9.97 Å². The summed E-state index contributed by atoms with van der Waals surface area (Å²) in [5, 5.41) is 12.5. The minimum Gasteiger partial charge on any atom is -0.447 e. The number of aromatic nitrogens is 2. The van der Waals surface area contributed by atoms with E-state index in [1.165, 1.54) is 19.9 Å². The predicted octanol–water partition coefficient (Wildman–Crippen LogP) is 3.57. The van der Waals surface area contributed by atoms with Crippen LogP contribution in [-0.4, -0.2) is 39.9 Å². The zero-order valence-corrected chi connectivity index (χ0v) is 15.4. The highest BCUT2D eigenvalue weighted by Gasteiger charge is 2.39. The highest BCUT2D eigenvalue weighted by molar-refractivity contribution is 5.89. The maximum absolute atomic E-state index is 14.3. The molecule has 1 unspecified atom stereocenters. The number of rotatable bonds is 6. The Bertz CT molecular complexity index is 913. The fraction of sp³-hybridized carbons (Fsp3) is 0.389. The zero-order valence-electron chi connectivity index (χ0n) is 15.4. The van der Waals surface area contributed by atoms with Crippen LogP contribution in [0.25, 0.3) is 0 Å². The van der Waals surface area contributed by atoms with Gasteiger partial charge in [-0.15, -0.1) is 0 Å². The largest absolute Gasteiger partial charge is 0.447 e. The molecular formula is C18H18F4N4O3. The van der Waals surface area contributed by atoms with Gasteiger partial charge in [0.25, 0.3) is 6.43 Å². The average Bonchev–Trinajstić information content (AvgIpc) is 3.04. The van der Waals surface area contributed by atoms with Crippen LogP contribution in [0.1, 0.15) is 37.4 Å². The average molecular weight is 414 g/mol. The van der Waals surface area contributed by atoms with Gasteiger partial charge in [0.15, 0.2) is 11.6 Å². The van der Waals surface area contributed by atoms with E-state index in [1.54, 1.807) is 0 Å². The molecule has 2 aromatic rings. The van der Waals surface area contributed by atoms with Crippen molar-refractivity contribution in [2.24, 2.45) is 0 Å². The van der Waals surface area contributed by atoms with Crippen LogP contribution in [0, 0.1) is 11.6 Å². The van der Waals surface area contributed by atoms with E-state index < -0.39 is 53.7 Å². The molecule has 11 heteroatoms. The Morgan fingerprint density at radius 2 is 2.00 bits per heavy atom. The summed E-state index contributed by atoms with van der Waals surface area (Å²) < 4.78 is 58.6. The third-order valence-corrected chi connectivity index (χ3v) is 4.51. The van der Waals surface area contributed by atoms with E-state index in [1.807, 2.05) is 0 Å². The Morgan fingerprint density at radius 3 is 2.62 bits per heavy atom. The Kier molecular flexibility index (Phi) is 5.87. The number of alkyl halides is 2. The lowest BCUT2D eigenvalue weighted by molar-refractivity contribution is 0.142. The second-order valence-corrected chi connectivity index (χ2v) is 6.57. The summed E-state index contributed by atoms with van der Waals surface area (Å²) in [6, 6.07) is 1.46. The van der Waals surface area contributed by atoms with Crippen LogP contribution >= 0.6 is 0 Å². The predicted molar refractivity (Wildman–Crippen MR) is 94.7 cm³/mol. The molecular weight excluding hydrogens is 396 g/mol. The van der Waals surface area contributed by atoms with Gasteiger partial charge in [0.2, 0.25) is 5.95 Å². The highest BCUT2D eigenvalue weighted by Crippen LogP contribution is 2.29. The number of benzene rings is 1. The quantitative estimate of drug-likeness (QED) is 0.703. The lowest BCUT2D eigenvalue weighted by Gasteiger charge is -2.23. The first-order chi connectivity index (χ1) is 13.7. The molecule has 1 saturated heterocycles. The summed E-state index contributed by atoms with van der Waals surface area (Å²) in [7, 11) is 0. The second kappa shape index (κ2) is 8.19. The SMILES string of the molecule is C[C@H](Nc1ncc(F)c(N2C(=O)OCC2[C@@H](C)O)n1)c1ccc(C(F)F)cc1F. The minimum absolute atomic E-state index is 0.0753. The van der Waals surface area contributed by atoms with Crippen LogP contribution in [0.4, 0.5) is 34.1 Å². The van der Waals surface area contributed by atoms with E-state index in [2.05, 4.69) is 15.3 Å². The molecule has 156 valence electrons. The van der Waals surface area contributed by atoms with Crippen LogP contribution in [-0.2, 0) is 4.74 Å². The minimum atomic E-state index is -2.80. The summed E-state index contributed by atoms with van der Waals surface area (Å²) in [6.07, 6.45) is -3.86. The lowest BCUT2D eigenvalue weighted by Crippen LogP contribution is -2.42. The van der Waals surface area contributed by atoms with Crippen molar-refractivity contribution in [3.63, 3.8) is 0 Å². The van der Waals surface area contributed by atoms with Crippen molar-refractivity contribution in [3.05, 3.63) is 47.2 Å². The number of carbonyl (C=O) groups excluding carboxylic acids is 1. The third kappa shape index (κ3) is 4.24. The molecule has 0 aliphatic carbocycles. The number of amides is 1. The molecule has 0 saturated carbocycles. The van der Waals surface area contributed by atoms with E-state index in [9.17, 15) is 27.5 Å². The number of hydrogen-bond acceptors (Lipinski definition) is 6. The van der Waals surface area contributed by atoms with Gasteiger partial charge >= 0.3 is 6.09 Å². The Morgan fingerprint density at radius 1 is 1.28 bits per heavy atom. The maximum Gasteiger partial charge on any atom is 0.416 e. The number of carbonyl (C=O) groups is 1. The summed E-state index contributed by atoms with van der Waals surface area (Å²) in [5.41, 5.74) is -0.373. The topological polar surface area (TPSA) is 87.6 Å². The fourth-order valence-electron chi connectivity index (χ4n) is 2.93. The van der Waals surface area contributed by atoms with E-state index in [-0.39, 0.29) is 18.1 Å². The summed E-state index contributed by atoms with van der Waals surface area (Å²) in [5.74, 6) is -2.30. The number of cyclic esters (lactones) is 1. The molecule has 1 aliphatic rings. The first-order valence-corrected chi connectivity index (χ1v) is 8.69. The first kappa shape index (κ1) is 20.8. The van der Waals surface area contributed by atoms with Crippen LogP contribution in [0.2, 0.25) is 0 Å². The van der Waals surface area contributed by atoms with Crippen molar-refractivity contribution in [1.29, 1.82) is 0 Å². The first-order valence-electron chi connectivity index (χ1n) is 8.69. The molecule has 7 nitrogen and oxygen atoms in total. The number of halogens is 4. The van der Waals surface area contributed by atoms with Crippen molar-refractivity contribution in [2.45, 2.75) is 38.5 Å². The van der Waals surface area contributed by atoms with E-state index in [4.69, 9.17) is 4.74 Å². The Hall–Kier alpha value is -2.95. The molecule has 1 aromatic heterocycles. The molecule has 1 aromatic carbocycles. The lowest BCUT2D eigenvalue weighted by atomic mass is 10.1. The molecule has 2 N–H and O–H groups in total. The number of nitrogens with one attached hydrogen (secondary N) is 1. The van der Waals surface area contributed by atoms with Crippen molar-refractivity contribution in [3.8, 4) is 0 Å². The number of anilines is 2. The van der Waals surface area contributed by atoms with E-state index in [0.717, 1.165) is 23.2 Å². The van der Waals surface area contributed by atoms with Gasteiger partial charge in [-0.05, 0) is 19.9 Å². The number of aliphatic hydroxyl groups is 1. The molecule has 3 rings (SSSR count). The van der Waals surface area contributed by atoms with Gasteiger partial charge in [0, 0.05) is 11.1 Å². The Balaban J connectivity index is 1.86. The molecule has 0 bridgehead atoms. The third-order valence-electron chi connectivity index (χ3n) is 4.51.